The van der Waals surface area contributed by atoms with Crippen molar-refractivity contribution >= 4 is 18.1 Å². The normalized spacial score (nSPS) is 9.55. The maximum Gasteiger partial charge on any atom is 0.136 e. The summed E-state index contributed by atoms with van der Waals surface area (Å²) in [5.74, 6) is 0.817. The second-order valence-corrected chi connectivity index (χ2v) is 2.36. The van der Waals surface area contributed by atoms with Crippen molar-refractivity contribution in [2.45, 2.75) is 13.3 Å². The summed E-state index contributed by atoms with van der Waals surface area (Å²) in [7, 11) is 0. The summed E-state index contributed by atoms with van der Waals surface area (Å²) in [6.07, 6.45) is 2.79. The number of allylic oxidation sites excluding steroid dienone is 1. The quantitative estimate of drug-likeness (QED) is 0.638. The van der Waals surface area contributed by atoms with Crippen LogP contribution in [0, 0.1) is 0 Å². The highest BCUT2D eigenvalue weighted by Gasteiger charge is 2.02. The number of aromatic amines is 1. The van der Waals surface area contributed by atoms with E-state index >= 15 is 0 Å². The molecule has 0 saturated heterocycles. The Morgan fingerprint density at radius 2 is 2.45 bits per heavy atom. The van der Waals surface area contributed by atoms with Gasteiger partial charge in [0.15, 0.2) is 0 Å². The van der Waals surface area contributed by atoms with Gasteiger partial charge in [-0.05, 0) is 24.8 Å². The highest BCUT2D eigenvalue weighted by Crippen LogP contribution is 2.24. The summed E-state index contributed by atoms with van der Waals surface area (Å²) in [6.45, 7) is 9.45. The van der Waals surface area contributed by atoms with Gasteiger partial charge in [-0.2, -0.15) is 0 Å². The van der Waals surface area contributed by atoms with Crippen molar-refractivity contribution in [3.63, 3.8) is 0 Å². The molecular formula is C9H12N2. The van der Waals surface area contributed by atoms with Crippen LogP contribution in [0.2, 0.25) is 0 Å². The Morgan fingerprint density at radius 1 is 1.73 bits per heavy atom. The lowest BCUT2D eigenvalue weighted by Crippen LogP contribution is -1.76. The minimum Gasteiger partial charge on any atom is -0.346 e. The van der Waals surface area contributed by atoms with Crippen LogP contribution in [0.15, 0.2) is 23.8 Å². The largest absolute Gasteiger partial charge is 0.346 e. The van der Waals surface area contributed by atoms with Crippen molar-refractivity contribution in [3.8, 4) is 0 Å². The lowest BCUT2D eigenvalue weighted by molar-refractivity contribution is 1.24. The molecule has 2 heteroatoms. The van der Waals surface area contributed by atoms with E-state index in [1.165, 1.54) is 0 Å². The fourth-order valence-corrected chi connectivity index (χ4v) is 0.967. The zero-order valence-corrected chi connectivity index (χ0v) is 6.72. The molecule has 0 atom stereocenters. The van der Waals surface area contributed by atoms with E-state index < -0.39 is 0 Å². The van der Waals surface area contributed by atoms with Crippen LogP contribution in [0.4, 0.5) is 5.82 Å². The molecule has 0 aromatic carbocycles. The monoisotopic (exact) mass is 148 g/mol. The summed E-state index contributed by atoms with van der Waals surface area (Å²) in [5, 5.41) is 0. The van der Waals surface area contributed by atoms with E-state index in [9.17, 15) is 0 Å². The van der Waals surface area contributed by atoms with Gasteiger partial charge in [-0.15, -0.1) is 0 Å². The molecule has 1 rings (SSSR count). The highest BCUT2D eigenvalue weighted by molar-refractivity contribution is 5.72. The Hall–Kier alpha value is -1.31. The number of aromatic nitrogens is 1. The number of nitrogens with zero attached hydrogens (tertiary/aromatic N) is 1. The molecule has 0 aliphatic carbocycles. The average Bonchev–Trinajstić information content (AvgIpc) is 2.50. The Morgan fingerprint density at radius 3 is 3.00 bits per heavy atom. The van der Waals surface area contributed by atoms with Gasteiger partial charge in [0.1, 0.15) is 5.82 Å². The van der Waals surface area contributed by atoms with Gasteiger partial charge in [0.25, 0.3) is 0 Å². The van der Waals surface area contributed by atoms with Crippen LogP contribution in [0.3, 0.4) is 0 Å². The maximum absolute atomic E-state index is 3.92. The van der Waals surface area contributed by atoms with Crippen LogP contribution < -0.4 is 0 Å². The predicted octanol–water partition coefficient (Wildman–Crippen LogP) is 2.77. The van der Waals surface area contributed by atoms with Crippen molar-refractivity contribution in [2.75, 3.05) is 0 Å². The smallest absolute Gasteiger partial charge is 0.136 e. The van der Waals surface area contributed by atoms with Crippen LogP contribution in [-0.4, -0.2) is 11.7 Å². The molecule has 58 valence electrons. The molecule has 0 saturated carbocycles. The predicted molar refractivity (Wildman–Crippen MR) is 49.3 cm³/mol. The summed E-state index contributed by atoms with van der Waals surface area (Å²) < 4.78 is 0. The fourth-order valence-electron chi connectivity index (χ4n) is 0.967. The third-order valence-electron chi connectivity index (χ3n) is 1.69. The third-order valence-corrected chi connectivity index (χ3v) is 1.69. The average molecular weight is 148 g/mol. The topological polar surface area (TPSA) is 28.1 Å². The molecule has 0 spiro atoms. The van der Waals surface area contributed by atoms with Crippen molar-refractivity contribution in [1.82, 2.24) is 4.98 Å². The van der Waals surface area contributed by atoms with Crippen LogP contribution in [0.5, 0.6) is 0 Å². The molecule has 1 heterocycles. The van der Waals surface area contributed by atoms with Gasteiger partial charge in [0.05, 0.1) is 0 Å². The molecule has 0 unspecified atom stereocenters. The first-order valence-electron chi connectivity index (χ1n) is 3.61. The first-order chi connectivity index (χ1) is 5.29. The summed E-state index contributed by atoms with van der Waals surface area (Å²) in [6, 6.07) is 1.97. The number of aliphatic imine (C=N–C) groups is 1. The van der Waals surface area contributed by atoms with Crippen LogP contribution in [0.25, 0.3) is 5.57 Å². The van der Waals surface area contributed by atoms with Crippen LogP contribution in [-0.2, 0) is 0 Å². The molecule has 0 aliphatic rings. The molecule has 1 aromatic heterocycles. The molecule has 0 bridgehead atoms. The van der Waals surface area contributed by atoms with Gasteiger partial charge < -0.3 is 4.98 Å². The second kappa shape index (κ2) is 3.19. The van der Waals surface area contributed by atoms with E-state index in [1.54, 1.807) is 0 Å². The van der Waals surface area contributed by atoms with Gasteiger partial charge in [-0.25, -0.2) is 4.99 Å². The van der Waals surface area contributed by atoms with Crippen LogP contribution in [0.1, 0.15) is 18.9 Å². The van der Waals surface area contributed by atoms with E-state index in [4.69, 9.17) is 0 Å². The van der Waals surface area contributed by atoms with Crippen molar-refractivity contribution in [3.05, 3.63) is 24.4 Å². The number of H-pyrrole nitrogens is 1. The molecule has 2 nitrogen and oxygen atoms in total. The third kappa shape index (κ3) is 1.40. The first kappa shape index (κ1) is 7.79. The summed E-state index contributed by atoms with van der Waals surface area (Å²) in [5.41, 5.74) is 2.16. The van der Waals surface area contributed by atoms with E-state index in [-0.39, 0.29) is 0 Å². The van der Waals surface area contributed by atoms with Crippen molar-refractivity contribution in [2.24, 2.45) is 4.99 Å². The van der Waals surface area contributed by atoms with Gasteiger partial charge >= 0.3 is 0 Å². The zero-order valence-electron chi connectivity index (χ0n) is 6.72. The Labute approximate surface area is 66.7 Å². The molecule has 0 amide bonds. The Balaban J connectivity index is 3.01. The van der Waals surface area contributed by atoms with Gasteiger partial charge in [0, 0.05) is 11.8 Å². The van der Waals surface area contributed by atoms with Crippen molar-refractivity contribution < 1.29 is 0 Å². The van der Waals surface area contributed by atoms with Gasteiger partial charge in [-0.1, -0.05) is 13.5 Å². The lowest BCUT2D eigenvalue weighted by atomic mass is 10.1. The van der Waals surface area contributed by atoms with E-state index in [0.29, 0.717) is 0 Å². The van der Waals surface area contributed by atoms with Gasteiger partial charge in [0.2, 0.25) is 0 Å². The Kier molecular flexibility index (Phi) is 2.26. The van der Waals surface area contributed by atoms with Crippen molar-refractivity contribution in [1.29, 1.82) is 0 Å². The van der Waals surface area contributed by atoms with E-state index in [1.807, 2.05) is 12.3 Å². The summed E-state index contributed by atoms with van der Waals surface area (Å²) in [4.78, 5) is 6.81. The van der Waals surface area contributed by atoms with E-state index in [0.717, 1.165) is 23.4 Å². The number of rotatable bonds is 3. The van der Waals surface area contributed by atoms with E-state index in [2.05, 4.69) is 30.2 Å². The maximum atomic E-state index is 3.92. The Bertz CT molecular complexity index is 271. The molecule has 11 heavy (non-hydrogen) atoms. The molecular weight excluding hydrogens is 136 g/mol. The first-order valence-corrected chi connectivity index (χ1v) is 3.61. The summed E-state index contributed by atoms with van der Waals surface area (Å²) >= 11 is 0. The number of hydrogen-bond donors (Lipinski definition) is 1. The molecule has 1 aromatic rings. The number of hydrogen-bond acceptors (Lipinski definition) is 1. The lowest BCUT2D eigenvalue weighted by Gasteiger charge is -1.98. The molecule has 1 N–H and O–H groups in total. The fraction of sp³-hybridized carbons (Fsp3) is 0.222. The zero-order chi connectivity index (χ0) is 8.27. The molecule has 0 radical (unpaired) electrons. The minimum atomic E-state index is 0.817. The minimum absolute atomic E-state index is 0.817. The molecule has 0 aliphatic heterocycles. The number of nitrogens with one attached hydrogen (secondary N) is 1. The highest BCUT2D eigenvalue weighted by atomic mass is 14.9. The SMILES string of the molecule is C=Nc1[nH]ccc1C(=C)CC. The van der Waals surface area contributed by atoms with Crippen LogP contribution >= 0.6 is 0 Å². The standard InChI is InChI=1S/C9H12N2/c1-4-7(2)8-5-6-11-9(8)10-3/h5-6,11H,2-4H2,1H3. The molecule has 0 fully saturated rings. The second-order valence-electron chi connectivity index (χ2n) is 2.36. The van der Waals surface area contributed by atoms with Gasteiger partial charge in [-0.3, -0.25) is 0 Å².